The van der Waals surface area contributed by atoms with Crippen LogP contribution in [0.15, 0.2) is 46.9 Å². The second-order valence-electron chi connectivity index (χ2n) is 5.19. The Kier molecular flexibility index (Phi) is 5.86. The van der Waals surface area contributed by atoms with Crippen molar-refractivity contribution in [1.29, 1.82) is 0 Å². The van der Waals surface area contributed by atoms with Crippen molar-refractivity contribution in [1.82, 2.24) is 0 Å². The number of hydrogen-bond donors (Lipinski definition) is 1. The topological polar surface area (TPSA) is 38.3 Å². The van der Waals surface area contributed by atoms with Gasteiger partial charge in [-0.05, 0) is 41.8 Å². The fourth-order valence-corrected chi connectivity index (χ4v) is 2.61. The van der Waals surface area contributed by atoms with Crippen LogP contribution in [0.2, 0.25) is 5.02 Å². The van der Waals surface area contributed by atoms with E-state index in [0.717, 1.165) is 10.2 Å². The van der Waals surface area contributed by atoms with Gasteiger partial charge in [0.1, 0.15) is 5.75 Å². The van der Waals surface area contributed by atoms with Crippen LogP contribution in [-0.4, -0.2) is 12.5 Å². The lowest BCUT2D eigenvalue weighted by Crippen LogP contribution is -2.20. The molecule has 0 aliphatic carbocycles. The SMILES string of the molecule is CC(C)c1ccc(NC(=O)COc2ccc(Br)cc2Cl)cc1. The lowest BCUT2D eigenvalue weighted by atomic mass is 10.0. The van der Waals surface area contributed by atoms with Crippen LogP contribution in [0.1, 0.15) is 25.3 Å². The van der Waals surface area contributed by atoms with Gasteiger partial charge in [0.05, 0.1) is 5.02 Å². The molecule has 0 saturated heterocycles. The largest absolute Gasteiger partial charge is 0.482 e. The van der Waals surface area contributed by atoms with Crippen LogP contribution in [0.25, 0.3) is 0 Å². The fraction of sp³-hybridized carbons (Fsp3) is 0.235. The number of ether oxygens (including phenoxy) is 1. The van der Waals surface area contributed by atoms with Gasteiger partial charge in [0.2, 0.25) is 0 Å². The number of hydrogen-bond acceptors (Lipinski definition) is 2. The molecule has 0 saturated carbocycles. The summed E-state index contributed by atoms with van der Waals surface area (Å²) >= 11 is 9.35. The summed E-state index contributed by atoms with van der Waals surface area (Å²) in [5.41, 5.74) is 1.98. The predicted octanol–water partition coefficient (Wildman–Crippen LogP) is 5.24. The van der Waals surface area contributed by atoms with E-state index in [1.807, 2.05) is 30.3 Å². The first-order valence-corrected chi connectivity index (χ1v) is 8.10. The molecule has 3 nitrogen and oxygen atoms in total. The van der Waals surface area contributed by atoms with Crippen molar-refractivity contribution in [2.45, 2.75) is 19.8 Å². The van der Waals surface area contributed by atoms with Crippen molar-refractivity contribution < 1.29 is 9.53 Å². The molecule has 2 rings (SSSR count). The molecular formula is C17H17BrClNO2. The molecule has 0 unspecified atom stereocenters. The Morgan fingerprint density at radius 1 is 1.23 bits per heavy atom. The summed E-state index contributed by atoms with van der Waals surface area (Å²) in [7, 11) is 0. The van der Waals surface area contributed by atoms with Crippen LogP contribution in [0, 0.1) is 0 Å². The van der Waals surface area contributed by atoms with E-state index in [0.29, 0.717) is 16.7 Å². The van der Waals surface area contributed by atoms with Crippen molar-refractivity contribution in [3.05, 3.63) is 57.5 Å². The highest BCUT2D eigenvalue weighted by atomic mass is 79.9. The van der Waals surface area contributed by atoms with Gasteiger partial charge >= 0.3 is 0 Å². The second-order valence-corrected chi connectivity index (χ2v) is 6.51. The summed E-state index contributed by atoms with van der Waals surface area (Å²) in [6, 6.07) is 13.0. The van der Waals surface area contributed by atoms with Gasteiger partial charge in [-0.3, -0.25) is 4.79 Å². The molecule has 2 aromatic rings. The minimum atomic E-state index is -0.226. The van der Waals surface area contributed by atoms with E-state index in [1.54, 1.807) is 12.1 Å². The number of benzene rings is 2. The molecule has 0 fully saturated rings. The van der Waals surface area contributed by atoms with Gasteiger partial charge in [0.25, 0.3) is 5.91 Å². The van der Waals surface area contributed by atoms with Gasteiger partial charge in [-0.2, -0.15) is 0 Å². The zero-order valence-electron chi connectivity index (χ0n) is 12.4. The van der Waals surface area contributed by atoms with E-state index >= 15 is 0 Å². The third-order valence-corrected chi connectivity index (χ3v) is 3.90. The van der Waals surface area contributed by atoms with Crippen LogP contribution in [0.3, 0.4) is 0 Å². The lowest BCUT2D eigenvalue weighted by molar-refractivity contribution is -0.118. The zero-order valence-corrected chi connectivity index (χ0v) is 14.7. The van der Waals surface area contributed by atoms with Crippen LogP contribution in [0.5, 0.6) is 5.75 Å². The quantitative estimate of drug-likeness (QED) is 0.767. The fourth-order valence-electron chi connectivity index (χ4n) is 1.88. The van der Waals surface area contributed by atoms with Crippen molar-refractivity contribution >= 4 is 39.1 Å². The predicted molar refractivity (Wildman–Crippen MR) is 93.8 cm³/mol. The third kappa shape index (κ3) is 4.75. The molecule has 0 aliphatic heterocycles. The highest BCUT2D eigenvalue weighted by Gasteiger charge is 2.07. The maximum Gasteiger partial charge on any atom is 0.262 e. The zero-order chi connectivity index (χ0) is 16.1. The Hall–Kier alpha value is -1.52. The van der Waals surface area contributed by atoms with E-state index < -0.39 is 0 Å². The van der Waals surface area contributed by atoms with Gasteiger partial charge in [-0.1, -0.05) is 53.5 Å². The Morgan fingerprint density at radius 3 is 2.50 bits per heavy atom. The van der Waals surface area contributed by atoms with E-state index in [9.17, 15) is 4.79 Å². The normalized spacial score (nSPS) is 10.6. The molecule has 116 valence electrons. The summed E-state index contributed by atoms with van der Waals surface area (Å²) in [6.45, 7) is 4.17. The number of halogens is 2. The molecule has 22 heavy (non-hydrogen) atoms. The Bertz CT molecular complexity index is 656. The molecule has 0 spiro atoms. The molecule has 1 N–H and O–H groups in total. The highest BCUT2D eigenvalue weighted by molar-refractivity contribution is 9.10. The van der Waals surface area contributed by atoms with Crippen molar-refractivity contribution in [2.75, 3.05) is 11.9 Å². The first kappa shape index (κ1) is 16.8. The number of carbonyl (C=O) groups is 1. The van der Waals surface area contributed by atoms with E-state index in [-0.39, 0.29) is 12.5 Å². The van der Waals surface area contributed by atoms with E-state index in [1.165, 1.54) is 5.56 Å². The van der Waals surface area contributed by atoms with Crippen LogP contribution < -0.4 is 10.1 Å². The number of carbonyl (C=O) groups excluding carboxylic acids is 1. The third-order valence-electron chi connectivity index (χ3n) is 3.11. The molecule has 0 bridgehead atoms. The van der Waals surface area contributed by atoms with Gasteiger partial charge in [0, 0.05) is 10.2 Å². The lowest BCUT2D eigenvalue weighted by Gasteiger charge is -2.10. The first-order valence-electron chi connectivity index (χ1n) is 6.93. The maximum absolute atomic E-state index is 11.9. The Morgan fingerprint density at radius 2 is 1.91 bits per heavy atom. The minimum Gasteiger partial charge on any atom is -0.482 e. The van der Waals surface area contributed by atoms with Gasteiger partial charge in [-0.25, -0.2) is 0 Å². The maximum atomic E-state index is 11.9. The summed E-state index contributed by atoms with van der Waals surface area (Å²) in [6.07, 6.45) is 0. The number of amides is 1. The molecule has 5 heteroatoms. The second kappa shape index (κ2) is 7.65. The molecule has 0 heterocycles. The summed E-state index contributed by atoms with van der Waals surface area (Å²) in [5, 5.41) is 3.25. The van der Waals surface area contributed by atoms with Crippen molar-refractivity contribution in [2.24, 2.45) is 0 Å². The number of nitrogens with one attached hydrogen (secondary N) is 1. The molecule has 0 aromatic heterocycles. The molecular weight excluding hydrogens is 366 g/mol. The molecule has 2 aromatic carbocycles. The Balaban J connectivity index is 1.90. The highest BCUT2D eigenvalue weighted by Crippen LogP contribution is 2.27. The van der Waals surface area contributed by atoms with Crippen LogP contribution in [-0.2, 0) is 4.79 Å². The van der Waals surface area contributed by atoms with Crippen molar-refractivity contribution in [3.8, 4) is 5.75 Å². The average molecular weight is 383 g/mol. The molecule has 1 amide bonds. The van der Waals surface area contributed by atoms with E-state index in [4.69, 9.17) is 16.3 Å². The average Bonchev–Trinajstić information content (AvgIpc) is 2.47. The molecule has 0 atom stereocenters. The summed E-state index contributed by atoms with van der Waals surface area (Å²) < 4.78 is 6.28. The monoisotopic (exact) mass is 381 g/mol. The first-order chi connectivity index (χ1) is 10.5. The number of rotatable bonds is 5. The summed E-state index contributed by atoms with van der Waals surface area (Å²) in [4.78, 5) is 11.9. The van der Waals surface area contributed by atoms with Gasteiger partial charge in [0.15, 0.2) is 6.61 Å². The van der Waals surface area contributed by atoms with Crippen LogP contribution in [0.4, 0.5) is 5.69 Å². The van der Waals surface area contributed by atoms with Crippen molar-refractivity contribution in [3.63, 3.8) is 0 Å². The summed E-state index contributed by atoms with van der Waals surface area (Å²) in [5.74, 6) is 0.721. The molecule has 0 aliphatic rings. The number of anilines is 1. The van der Waals surface area contributed by atoms with E-state index in [2.05, 4.69) is 35.1 Å². The smallest absolute Gasteiger partial charge is 0.262 e. The van der Waals surface area contributed by atoms with Gasteiger partial charge < -0.3 is 10.1 Å². The van der Waals surface area contributed by atoms with Crippen LogP contribution >= 0.6 is 27.5 Å². The minimum absolute atomic E-state index is 0.0900. The molecule has 0 radical (unpaired) electrons. The standard InChI is InChI=1S/C17H17BrClNO2/c1-11(2)12-3-6-14(7-4-12)20-17(21)10-22-16-8-5-13(18)9-15(16)19/h3-9,11H,10H2,1-2H3,(H,20,21). The van der Waals surface area contributed by atoms with Gasteiger partial charge in [-0.15, -0.1) is 0 Å². The Labute approximate surface area is 143 Å².